The van der Waals surface area contributed by atoms with Gasteiger partial charge in [-0.3, -0.25) is 4.90 Å². The van der Waals surface area contributed by atoms with Gasteiger partial charge in [0.1, 0.15) is 59.5 Å². The van der Waals surface area contributed by atoms with Crippen LogP contribution in [0.15, 0.2) is 30.3 Å². The van der Waals surface area contributed by atoms with Gasteiger partial charge in [0, 0.05) is 19.1 Å². The number of amides is 3. The molecule has 54 heavy (non-hydrogen) atoms. The number of aliphatic hydroxyl groups is 4. The highest BCUT2D eigenvalue weighted by Crippen LogP contribution is 2.31. The minimum Gasteiger partial charge on any atom is -0.444 e. The van der Waals surface area contributed by atoms with Crippen LogP contribution in [0, 0.1) is 0 Å². The summed E-state index contributed by atoms with van der Waals surface area (Å²) < 4.78 is 29.0. The zero-order valence-electron chi connectivity index (χ0n) is 33.6. The van der Waals surface area contributed by atoms with Crippen LogP contribution >= 0.6 is 0 Å². The van der Waals surface area contributed by atoms with Gasteiger partial charge >= 0.3 is 18.3 Å². The van der Waals surface area contributed by atoms with Crippen molar-refractivity contribution >= 4 is 18.3 Å². The number of hydrogen-bond acceptors (Lipinski definition) is 13. The molecule has 2 fully saturated rings. The molecule has 308 valence electrons. The normalized spacial score (nSPS) is 29.9. The van der Waals surface area contributed by atoms with Gasteiger partial charge in [-0.05, 0) is 87.6 Å². The first-order chi connectivity index (χ1) is 24.9. The molecule has 0 bridgehead atoms. The Kier molecular flexibility index (Phi) is 15.5. The van der Waals surface area contributed by atoms with Crippen LogP contribution in [0.4, 0.5) is 14.4 Å². The van der Waals surface area contributed by atoms with Gasteiger partial charge in [-0.15, -0.1) is 0 Å². The van der Waals surface area contributed by atoms with Crippen LogP contribution in [0.3, 0.4) is 0 Å². The van der Waals surface area contributed by atoms with Crippen molar-refractivity contribution in [1.82, 2.24) is 20.9 Å². The minimum absolute atomic E-state index is 0.0299. The molecule has 16 heteroatoms. The summed E-state index contributed by atoms with van der Waals surface area (Å²) in [6.45, 7) is 19.7. The van der Waals surface area contributed by atoms with Gasteiger partial charge in [-0.25, -0.2) is 14.4 Å². The highest BCUT2D eigenvalue weighted by Gasteiger charge is 2.52. The van der Waals surface area contributed by atoms with Crippen molar-refractivity contribution in [2.24, 2.45) is 0 Å². The van der Waals surface area contributed by atoms with E-state index < -0.39 is 96.1 Å². The maximum Gasteiger partial charge on any atom is 0.408 e. The molecule has 1 aromatic rings. The Bertz CT molecular complexity index is 1360. The van der Waals surface area contributed by atoms with Crippen molar-refractivity contribution in [3.8, 4) is 0 Å². The molecule has 3 amide bonds. The molecule has 3 rings (SSSR count). The highest BCUT2D eigenvalue weighted by atomic mass is 16.7. The SMILES string of the molecule is CCC(C)N(Cc1ccccc1)C[C@H]1O[C@H](O[C@H]2[C@H](O)[C@@H](O)[C@H](NC(=O)OC(C)(C)C)C[C@@H]2NC(=O)OC(C)(C)C)[C@H](NC(=O)OC(C)(C)C)[C@@H](O)[C@@H]1O. The second-order valence-corrected chi connectivity index (χ2v) is 17.2. The number of benzene rings is 1. The fourth-order valence-electron chi connectivity index (χ4n) is 6.25. The molecule has 1 saturated carbocycles. The molecule has 7 N–H and O–H groups in total. The van der Waals surface area contributed by atoms with Gasteiger partial charge < -0.3 is 60.1 Å². The van der Waals surface area contributed by atoms with Crippen molar-refractivity contribution in [1.29, 1.82) is 0 Å². The van der Waals surface area contributed by atoms with Gasteiger partial charge in [-0.1, -0.05) is 37.3 Å². The third kappa shape index (κ3) is 13.8. The molecule has 16 nitrogen and oxygen atoms in total. The molecule has 0 spiro atoms. The molecule has 1 aliphatic heterocycles. The van der Waals surface area contributed by atoms with Crippen molar-refractivity contribution in [2.75, 3.05) is 6.54 Å². The first-order valence-electron chi connectivity index (χ1n) is 18.7. The fourth-order valence-corrected chi connectivity index (χ4v) is 6.25. The first kappa shape index (κ1) is 45.1. The lowest BCUT2D eigenvalue weighted by Gasteiger charge is -2.48. The van der Waals surface area contributed by atoms with Crippen molar-refractivity contribution < 1.29 is 58.5 Å². The van der Waals surface area contributed by atoms with Gasteiger partial charge in [0.05, 0.1) is 12.1 Å². The largest absolute Gasteiger partial charge is 0.444 e. The number of nitrogens with one attached hydrogen (secondary N) is 3. The van der Waals surface area contributed by atoms with Crippen LogP contribution in [-0.2, 0) is 30.2 Å². The standard InChI is InChI=1S/C38H64N4O12/c1-12-21(2)42(19-22-16-14-13-15-17-22)20-25-28(44)29(45)26(41-35(49)54-38(9,10)11)32(50-25)51-31-24(40-34(48)53-37(6,7)8)18-23(27(43)30(31)46)39-33(47)52-36(3,4)5/h13-17,21,23-32,43-46H,12,18-20H2,1-11H3,(H,39,47)(H,40,48)(H,41,49)/t21?,23-,24+,25-,26-,27+,28-,29-,30-,31-,32-/m1/s1. The number of rotatable bonds is 11. The van der Waals surface area contributed by atoms with Crippen LogP contribution in [0.2, 0.25) is 0 Å². The van der Waals surface area contributed by atoms with Crippen molar-refractivity contribution in [3.63, 3.8) is 0 Å². The molecule has 1 heterocycles. The fraction of sp³-hybridized carbons (Fsp3) is 0.763. The number of alkyl carbamates (subject to hydrolysis) is 3. The van der Waals surface area contributed by atoms with E-state index in [1.54, 1.807) is 62.3 Å². The van der Waals surface area contributed by atoms with Crippen LogP contribution in [-0.4, -0.2) is 134 Å². The lowest BCUT2D eigenvalue weighted by atomic mass is 9.83. The number of hydrogen-bond donors (Lipinski definition) is 7. The Balaban J connectivity index is 1.99. The van der Waals surface area contributed by atoms with Crippen molar-refractivity contribution in [2.45, 2.75) is 179 Å². The quantitative estimate of drug-likeness (QED) is 0.161. The topological polar surface area (TPSA) is 218 Å². The van der Waals surface area contributed by atoms with E-state index in [1.807, 2.05) is 44.2 Å². The van der Waals surface area contributed by atoms with Crippen molar-refractivity contribution in [3.05, 3.63) is 35.9 Å². The zero-order chi connectivity index (χ0) is 40.8. The Morgan fingerprint density at radius 1 is 0.759 bits per heavy atom. The minimum atomic E-state index is -1.76. The van der Waals surface area contributed by atoms with Crippen LogP contribution in [0.25, 0.3) is 0 Å². The summed E-state index contributed by atoms with van der Waals surface area (Å²) in [5.41, 5.74) is -1.65. The van der Waals surface area contributed by atoms with E-state index in [1.165, 1.54) is 0 Å². The number of carbonyl (C=O) groups is 3. The maximum atomic E-state index is 13.1. The lowest BCUT2D eigenvalue weighted by molar-refractivity contribution is -0.296. The summed E-state index contributed by atoms with van der Waals surface area (Å²) in [6, 6.07) is 6.08. The third-order valence-corrected chi connectivity index (χ3v) is 8.94. The maximum absolute atomic E-state index is 13.1. The number of aliphatic hydroxyl groups excluding tert-OH is 4. The average Bonchev–Trinajstić information content (AvgIpc) is 3.02. The molecular formula is C38H64N4O12. The smallest absolute Gasteiger partial charge is 0.408 e. The van der Waals surface area contributed by atoms with E-state index in [2.05, 4.69) is 20.9 Å². The molecule has 0 radical (unpaired) electrons. The lowest BCUT2D eigenvalue weighted by Crippen LogP contribution is -2.70. The molecule has 1 aliphatic carbocycles. The van der Waals surface area contributed by atoms with Crippen LogP contribution in [0.5, 0.6) is 0 Å². The van der Waals surface area contributed by atoms with E-state index in [0.717, 1.165) is 12.0 Å². The third-order valence-electron chi connectivity index (χ3n) is 8.94. The number of carbonyl (C=O) groups excluding carboxylic acids is 3. The number of nitrogens with zero attached hydrogens (tertiary/aromatic N) is 1. The molecule has 1 saturated heterocycles. The summed E-state index contributed by atoms with van der Waals surface area (Å²) in [5, 5.41) is 53.7. The van der Waals surface area contributed by atoms with E-state index >= 15 is 0 Å². The van der Waals surface area contributed by atoms with E-state index in [0.29, 0.717) is 6.54 Å². The summed E-state index contributed by atoms with van der Waals surface area (Å²) in [4.78, 5) is 41.0. The average molecular weight is 769 g/mol. The van der Waals surface area contributed by atoms with E-state index in [9.17, 15) is 34.8 Å². The summed E-state index contributed by atoms with van der Waals surface area (Å²) >= 11 is 0. The second kappa shape index (κ2) is 18.6. The molecule has 1 aromatic carbocycles. The van der Waals surface area contributed by atoms with Gasteiger partial charge in [0.25, 0.3) is 0 Å². The zero-order valence-corrected chi connectivity index (χ0v) is 33.6. The predicted molar refractivity (Wildman–Crippen MR) is 198 cm³/mol. The first-order valence-corrected chi connectivity index (χ1v) is 18.7. The highest BCUT2D eigenvalue weighted by molar-refractivity contribution is 5.69. The summed E-state index contributed by atoms with van der Waals surface area (Å²) in [7, 11) is 0. The summed E-state index contributed by atoms with van der Waals surface area (Å²) in [5.74, 6) is 0. The van der Waals surface area contributed by atoms with E-state index in [4.69, 9.17) is 23.7 Å². The molecule has 0 aromatic heterocycles. The molecule has 2 aliphatic rings. The van der Waals surface area contributed by atoms with Gasteiger partial charge in [0.2, 0.25) is 0 Å². The Morgan fingerprint density at radius 3 is 1.76 bits per heavy atom. The Hall–Kier alpha value is -3.25. The van der Waals surface area contributed by atoms with E-state index in [-0.39, 0.29) is 19.0 Å². The predicted octanol–water partition coefficient (Wildman–Crippen LogP) is 2.92. The van der Waals surface area contributed by atoms with Gasteiger partial charge in [0.15, 0.2) is 6.29 Å². The Labute approximate surface area is 319 Å². The van der Waals surface area contributed by atoms with Gasteiger partial charge in [-0.2, -0.15) is 0 Å². The molecular weight excluding hydrogens is 704 g/mol. The summed E-state index contributed by atoms with van der Waals surface area (Å²) in [6.07, 6.45) is -12.7. The van der Waals surface area contributed by atoms with Crippen LogP contribution in [0.1, 0.15) is 94.6 Å². The second-order valence-electron chi connectivity index (χ2n) is 17.2. The van der Waals surface area contributed by atoms with Crippen LogP contribution < -0.4 is 16.0 Å². The Morgan fingerprint density at radius 2 is 1.26 bits per heavy atom. The molecule has 1 unspecified atom stereocenters. The number of ether oxygens (including phenoxy) is 5. The molecule has 11 atom stereocenters. The monoisotopic (exact) mass is 768 g/mol.